The molecule has 0 saturated carbocycles. The second kappa shape index (κ2) is 16.6. The van der Waals surface area contributed by atoms with E-state index in [2.05, 4.69) is 20.6 Å². The summed E-state index contributed by atoms with van der Waals surface area (Å²) in [5.41, 5.74) is -1.07. The van der Waals surface area contributed by atoms with Gasteiger partial charge in [0.25, 0.3) is 11.8 Å². The van der Waals surface area contributed by atoms with Crippen molar-refractivity contribution in [3.63, 3.8) is 0 Å². The first-order chi connectivity index (χ1) is 21.6. The Morgan fingerprint density at radius 3 is 1.26 bits per heavy atom. The maximum atomic E-state index is 12.8. The molecule has 2 heterocycles. The fourth-order valence-electron chi connectivity index (χ4n) is 4.27. The van der Waals surface area contributed by atoms with Crippen molar-refractivity contribution in [2.45, 2.75) is 52.6 Å². The summed E-state index contributed by atoms with van der Waals surface area (Å²) >= 11 is 0. The van der Waals surface area contributed by atoms with E-state index in [4.69, 9.17) is 0 Å². The van der Waals surface area contributed by atoms with E-state index in [1.807, 2.05) is 27.7 Å². The van der Waals surface area contributed by atoms with Gasteiger partial charge in [-0.05, 0) is 46.9 Å². The number of halogens is 2. The Labute approximate surface area is 280 Å². The average Bonchev–Trinajstić information content (AvgIpc) is 3.02. The normalized spacial score (nSPS) is 10.6. The summed E-state index contributed by atoms with van der Waals surface area (Å²) < 4.78 is 28.0. The Balaban J connectivity index is 0.000000320. The molecule has 0 fully saturated rings. The van der Waals surface area contributed by atoms with Crippen LogP contribution in [0.15, 0.2) is 58.1 Å². The molecule has 15 heteroatoms. The van der Waals surface area contributed by atoms with E-state index in [-0.39, 0.29) is 53.6 Å². The molecule has 0 aliphatic carbocycles. The number of rotatable bonds is 8. The predicted octanol–water partition coefficient (Wildman–Crippen LogP) is 2.09. The molecule has 2 aromatic heterocycles. The van der Waals surface area contributed by atoms with Gasteiger partial charge in [0.15, 0.2) is 0 Å². The molecule has 0 saturated heterocycles. The third kappa shape index (κ3) is 9.56. The van der Waals surface area contributed by atoms with Crippen LogP contribution in [0, 0.1) is 11.6 Å². The first-order valence-electron chi connectivity index (χ1n) is 14.2. The zero-order chi connectivity index (χ0) is 34.3. The molecule has 12 nitrogen and oxygen atoms in total. The van der Waals surface area contributed by atoms with Crippen LogP contribution in [0.2, 0.25) is 0 Å². The number of carbonyl (C=O) groups is 2. The summed E-state index contributed by atoms with van der Waals surface area (Å²) in [6, 6.07) is 11.2. The fraction of sp³-hybridized carbons (Fsp3) is 0.312. The van der Waals surface area contributed by atoms with Crippen molar-refractivity contribution in [3.8, 4) is 11.5 Å². The minimum atomic E-state index is -0.937. The van der Waals surface area contributed by atoms with E-state index in [0.29, 0.717) is 22.8 Å². The molecular weight excluding hydrogens is 657 g/mol. The topological polar surface area (TPSA) is 174 Å². The number of amides is 2. The van der Waals surface area contributed by atoms with Gasteiger partial charge in [0, 0.05) is 39.0 Å². The molecule has 0 aliphatic rings. The molecule has 2 N–H and O–H groups in total. The van der Waals surface area contributed by atoms with Crippen molar-refractivity contribution in [3.05, 3.63) is 115 Å². The molecule has 0 spiro atoms. The number of hydrogen-bond acceptors (Lipinski definition) is 8. The van der Waals surface area contributed by atoms with Crippen molar-refractivity contribution < 1.29 is 45.7 Å². The summed E-state index contributed by atoms with van der Waals surface area (Å²) in [7, 11) is 2.90. The van der Waals surface area contributed by atoms with Crippen molar-refractivity contribution in [2.24, 2.45) is 14.1 Å². The van der Waals surface area contributed by atoms with Gasteiger partial charge in [0.1, 0.15) is 34.7 Å². The van der Waals surface area contributed by atoms with Crippen LogP contribution in [-0.2, 0) is 44.3 Å². The van der Waals surface area contributed by atoms with Gasteiger partial charge >= 0.3 is 17.1 Å². The van der Waals surface area contributed by atoms with Crippen LogP contribution in [0.5, 0.6) is 11.5 Å². The molecule has 0 bridgehead atoms. The van der Waals surface area contributed by atoms with Gasteiger partial charge in [-0.25, -0.2) is 18.7 Å². The standard InChI is InChI=1S/2C16H18FN3O3.Mn/c2*1-9(2)14-19-12(13(21)16(23)20(14)3)15(22)18-8-10-4-6-11(17)7-5-10;/h2*4-7,9,21H,8H2,1-3H3,(H,18,22);/q;;+2/p-2. The summed E-state index contributed by atoms with van der Waals surface area (Å²) in [5, 5.41) is 28.9. The molecular formula is C32H34F2MnN6O6. The van der Waals surface area contributed by atoms with Gasteiger partial charge < -0.3 is 30.0 Å². The van der Waals surface area contributed by atoms with Crippen LogP contribution < -0.4 is 32.0 Å². The first-order valence-corrected chi connectivity index (χ1v) is 14.2. The number of hydrogen-bond donors (Lipinski definition) is 2. The Hall–Kier alpha value is -4.88. The van der Waals surface area contributed by atoms with Gasteiger partial charge in [-0.2, -0.15) is 0 Å². The fourth-order valence-corrected chi connectivity index (χ4v) is 4.27. The minimum absolute atomic E-state index is 0. The SMILES string of the molecule is CC(C)c1nc(C(=O)NCc2ccc(F)cc2)c([O-])c(=O)n1C.CC(C)c1nc(C(=O)NCc2ccc(F)cc2)c([O-])c(=O)n1C.[Mn+2]. The Kier molecular flexibility index (Phi) is 13.5. The van der Waals surface area contributed by atoms with Gasteiger partial charge in [-0.15, -0.1) is 0 Å². The van der Waals surface area contributed by atoms with Crippen LogP contribution >= 0.6 is 0 Å². The maximum absolute atomic E-state index is 12.8. The van der Waals surface area contributed by atoms with Crippen LogP contribution in [-0.4, -0.2) is 30.9 Å². The predicted molar refractivity (Wildman–Crippen MR) is 161 cm³/mol. The largest absolute Gasteiger partial charge is 2.00 e. The monoisotopic (exact) mass is 691 g/mol. The smallest absolute Gasteiger partial charge is 0.867 e. The van der Waals surface area contributed by atoms with E-state index in [9.17, 15) is 38.2 Å². The molecule has 2 amide bonds. The molecule has 1 radical (unpaired) electrons. The molecule has 4 aromatic rings. The number of nitrogens with one attached hydrogen (secondary N) is 2. The maximum Gasteiger partial charge on any atom is 2.00 e. The van der Waals surface area contributed by atoms with Gasteiger partial charge in [-0.1, -0.05) is 52.0 Å². The minimum Gasteiger partial charge on any atom is -0.867 e. The van der Waals surface area contributed by atoms with Crippen molar-refractivity contribution in [1.82, 2.24) is 29.7 Å². The van der Waals surface area contributed by atoms with Gasteiger partial charge in [-0.3, -0.25) is 19.2 Å². The molecule has 249 valence electrons. The van der Waals surface area contributed by atoms with Crippen LogP contribution in [0.3, 0.4) is 0 Å². The van der Waals surface area contributed by atoms with Crippen LogP contribution in [0.4, 0.5) is 8.78 Å². The quantitative estimate of drug-likeness (QED) is 0.264. The third-order valence-electron chi connectivity index (χ3n) is 6.76. The van der Waals surface area contributed by atoms with Crippen LogP contribution in [0.1, 0.15) is 83.3 Å². The van der Waals surface area contributed by atoms with Gasteiger partial charge in [0.05, 0.1) is 0 Å². The van der Waals surface area contributed by atoms with E-state index in [1.54, 1.807) is 0 Å². The number of benzene rings is 2. The summed E-state index contributed by atoms with van der Waals surface area (Å²) in [6.45, 7) is 7.46. The van der Waals surface area contributed by atoms with Crippen molar-refractivity contribution in [2.75, 3.05) is 0 Å². The average molecular weight is 692 g/mol. The van der Waals surface area contributed by atoms with E-state index in [1.165, 1.54) is 62.6 Å². The van der Waals surface area contributed by atoms with Crippen molar-refractivity contribution in [1.29, 1.82) is 0 Å². The number of aromatic nitrogens is 4. The number of nitrogens with zero attached hydrogens (tertiary/aromatic N) is 4. The Morgan fingerprint density at radius 1 is 0.681 bits per heavy atom. The molecule has 0 aliphatic heterocycles. The Morgan fingerprint density at radius 2 is 0.979 bits per heavy atom. The molecule has 2 aromatic carbocycles. The first kappa shape index (κ1) is 38.3. The summed E-state index contributed by atoms with van der Waals surface area (Å²) in [5.74, 6) is -3.58. The zero-order valence-electron chi connectivity index (χ0n) is 26.6. The zero-order valence-corrected chi connectivity index (χ0v) is 27.7. The van der Waals surface area contributed by atoms with E-state index < -0.39 is 45.8 Å². The summed E-state index contributed by atoms with van der Waals surface area (Å²) in [6.07, 6.45) is 0. The molecule has 0 atom stereocenters. The molecule has 4 rings (SSSR count). The second-order valence-corrected chi connectivity index (χ2v) is 11.0. The third-order valence-corrected chi connectivity index (χ3v) is 6.76. The van der Waals surface area contributed by atoms with Crippen LogP contribution in [0.25, 0.3) is 0 Å². The summed E-state index contributed by atoms with van der Waals surface area (Å²) in [4.78, 5) is 56.2. The molecule has 47 heavy (non-hydrogen) atoms. The second-order valence-electron chi connectivity index (χ2n) is 11.0. The van der Waals surface area contributed by atoms with E-state index >= 15 is 0 Å². The van der Waals surface area contributed by atoms with Gasteiger partial charge in [0.2, 0.25) is 11.1 Å². The molecule has 0 unspecified atom stereocenters. The Bertz CT molecular complexity index is 1710. The van der Waals surface area contributed by atoms with Crippen molar-refractivity contribution >= 4 is 11.8 Å². The van der Waals surface area contributed by atoms with E-state index in [0.717, 1.165) is 9.13 Å². The number of carbonyl (C=O) groups excluding carboxylic acids is 2.